The fourth-order valence-electron chi connectivity index (χ4n) is 1.88. The fourth-order valence-corrected chi connectivity index (χ4v) is 2.62. The summed E-state index contributed by atoms with van der Waals surface area (Å²) in [6.07, 6.45) is 0. The Hall–Kier alpha value is -2.41. The molecule has 0 saturated carbocycles. The second-order valence-electron chi connectivity index (χ2n) is 4.44. The van der Waals surface area contributed by atoms with Gasteiger partial charge in [-0.05, 0) is 36.7 Å². The average molecular weight is 304 g/mol. The van der Waals surface area contributed by atoms with E-state index in [0.717, 1.165) is 5.00 Å². The van der Waals surface area contributed by atoms with E-state index in [1.54, 1.807) is 38.2 Å². The SMILES string of the molecule is CNc1snc(C)c1C(=O)Nc1cccc(NC(C)=O)c1. The topological polar surface area (TPSA) is 83.1 Å². The van der Waals surface area contributed by atoms with Crippen LogP contribution >= 0.6 is 11.5 Å². The number of anilines is 3. The van der Waals surface area contributed by atoms with Gasteiger partial charge in [0.2, 0.25) is 5.91 Å². The molecule has 7 heteroatoms. The summed E-state index contributed by atoms with van der Waals surface area (Å²) in [5, 5.41) is 9.17. The van der Waals surface area contributed by atoms with Crippen molar-refractivity contribution in [2.45, 2.75) is 13.8 Å². The molecule has 2 amide bonds. The van der Waals surface area contributed by atoms with Crippen molar-refractivity contribution in [1.82, 2.24) is 4.37 Å². The van der Waals surface area contributed by atoms with E-state index in [0.29, 0.717) is 22.6 Å². The monoisotopic (exact) mass is 304 g/mol. The molecule has 2 aromatic rings. The van der Waals surface area contributed by atoms with Crippen molar-refractivity contribution >= 4 is 39.7 Å². The van der Waals surface area contributed by atoms with Crippen molar-refractivity contribution in [3.05, 3.63) is 35.5 Å². The summed E-state index contributed by atoms with van der Waals surface area (Å²) < 4.78 is 4.17. The van der Waals surface area contributed by atoms with E-state index in [2.05, 4.69) is 20.3 Å². The molecule has 6 nitrogen and oxygen atoms in total. The van der Waals surface area contributed by atoms with Crippen LogP contribution in [0, 0.1) is 6.92 Å². The minimum atomic E-state index is -0.231. The minimum absolute atomic E-state index is 0.158. The van der Waals surface area contributed by atoms with E-state index in [1.807, 2.05) is 0 Å². The number of rotatable bonds is 4. The number of carbonyl (C=O) groups excluding carboxylic acids is 2. The third-order valence-corrected chi connectivity index (χ3v) is 3.71. The van der Waals surface area contributed by atoms with Crippen molar-refractivity contribution in [3.8, 4) is 0 Å². The van der Waals surface area contributed by atoms with E-state index in [9.17, 15) is 9.59 Å². The molecule has 110 valence electrons. The van der Waals surface area contributed by atoms with Crippen LogP contribution in [-0.4, -0.2) is 23.2 Å². The van der Waals surface area contributed by atoms with Gasteiger partial charge in [-0.15, -0.1) is 0 Å². The quantitative estimate of drug-likeness (QED) is 0.811. The summed E-state index contributed by atoms with van der Waals surface area (Å²) in [5.41, 5.74) is 2.46. The van der Waals surface area contributed by atoms with Gasteiger partial charge >= 0.3 is 0 Å². The molecule has 1 aromatic heterocycles. The summed E-state index contributed by atoms with van der Waals surface area (Å²) in [7, 11) is 1.75. The number of amides is 2. The number of nitrogens with zero attached hydrogens (tertiary/aromatic N) is 1. The van der Waals surface area contributed by atoms with Gasteiger partial charge in [-0.2, -0.15) is 4.37 Å². The Morgan fingerprint density at radius 2 is 1.86 bits per heavy atom. The first-order valence-electron chi connectivity index (χ1n) is 6.34. The Bertz CT molecular complexity index is 681. The van der Waals surface area contributed by atoms with Crippen LogP contribution in [0.3, 0.4) is 0 Å². The van der Waals surface area contributed by atoms with Gasteiger partial charge in [-0.1, -0.05) is 6.07 Å². The molecular weight excluding hydrogens is 288 g/mol. The number of nitrogens with one attached hydrogen (secondary N) is 3. The van der Waals surface area contributed by atoms with Gasteiger partial charge in [0.15, 0.2) is 0 Å². The summed E-state index contributed by atoms with van der Waals surface area (Å²) in [4.78, 5) is 23.4. The summed E-state index contributed by atoms with van der Waals surface area (Å²) in [5.74, 6) is -0.389. The summed E-state index contributed by atoms with van der Waals surface area (Å²) in [6.45, 7) is 3.23. The molecule has 2 rings (SSSR count). The predicted molar refractivity (Wildman–Crippen MR) is 85.1 cm³/mol. The maximum absolute atomic E-state index is 12.3. The molecule has 1 heterocycles. The van der Waals surface area contributed by atoms with E-state index >= 15 is 0 Å². The zero-order valence-electron chi connectivity index (χ0n) is 12.0. The molecule has 0 aliphatic carbocycles. The Morgan fingerprint density at radius 1 is 1.19 bits per heavy atom. The zero-order chi connectivity index (χ0) is 15.4. The van der Waals surface area contributed by atoms with E-state index in [4.69, 9.17) is 0 Å². The number of hydrogen-bond acceptors (Lipinski definition) is 5. The molecule has 0 bridgehead atoms. The molecule has 0 aliphatic rings. The van der Waals surface area contributed by atoms with Crippen molar-refractivity contribution < 1.29 is 9.59 Å². The Kier molecular flexibility index (Phi) is 4.54. The van der Waals surface area contributed by atoms with E-state index in [-0.39, 0.29) is 11.8 Å². The van der Waals surface area contributed by atoms with Gasteiger partial charge in [0.05, 0.1) is 11.3 Å². The Labute approximate surface area is 126 Å². The Balaban J connectivity index is 2.19. The molecule has 0 fully saturated rings. The highest BCUT2D eigenvalue weighted by molar-refractivity contribution is 7.10. The molecule has 3 N–H and O–H groups in total. The second-order valence-corrected chi connectivity index (χ2v) is 5.21. The molecule has 0 saturated heterocycles. The lowest BCUT2D eigenvalue weighted by atomic mass is 10.2. The third-order valence-electron chi connectivity index (χ3n) is 2.76. The van der Waals surface area contributed by atoms with Crippen LogP contribution in [0.1, 0.15) is 23.0 Å². The maximum Gasteiger partial charge on any atom is 0.260 e. The van der Waals surface area contributed by atoms with Crippen molar-refractivity contribution in [2.24, 2.45) is 0 Å². The normalized spacial score (nSPS) is 10.0. The smallest absolute Gasteiger partial charge is 0.260 e. The molecule has 21 heavy (non-hydrogen) atoms. The molecule has 0 spiro atoms. The summed E-state index contributed by atoms with van der Waals surface area (Å²) in [6, 6.07) is 6.98. The number of aryl methyl sites for hydroxylation is 1. The molecule has 0 aliphatic heterocycles. The lowest BCUT2D eigenvalue weighted by molar-refractivity contribution is -0.114. The third kappa shape index (κ3) is 3.57. The van der Waals surface area contributed by atoms with Crippen LogP contribution in [-0.2, 0) is 4.79 Å². The molecular formula is C14H16N4O2S. The lowest BCUT2D eigenvalue weighted by Crippen LogP contribution is -2.14. The number of carbonyl (C=O) groups is 2. The molecule has 0 radical (unpaired) electrons. The highest BCUT2D eigenvalue weighted by Gasteiger charge is 2.17. The largest absolute Gasteiger partial charge is 0.378 e. The molecule has 0 atom stereocenters. The van der Waals surface area contributed by atoms with Gasteiger partial charge in [0, 0.05) is 25.3 Å². The predicted octanol–water partition coefficient (Wildman–Crippen LogP) is 2.70. The van der Waals surface area contributed by atoms with Gasteiger partial charge in [0.25, 0.3) is 5.91 Å². The van der Waals surface area contributed by atoms with Crippen LogP contribution in [0.25, 0.3) is 0 Å². The van der Waals surface area contributed by atoms with Crippen molar-refractivity contribution in [2.75, 3.05) is 23.0 Å². The Morgan fingerprint density at radius 3 is 2.48 bits per heavy atom. The molecule has 1 aromatic carbocycles. The maximum atomic E-state index is 12.3. The summed E-state index contributed by atoms with van der Waals surface area (Å²) >= 11 is 1.25. The fraction of sp³-hybridized carbons (Fsp3) is 0.214. The second kappa shape index (κ2) is 6.36. The molecule has 0 unspecified atom stereocenters. The lowest BCUT2D eigenvalue weighted by Gasteiger charge is -2.08. The zero-order valence-corrected chi connectivity index (χ0v) is 12.8. The average Bonchev–Trinajstić information content (AvgIpc) is 2.79. The van der Waals surface area contributed by atoms with Gasteiger partial charge in [0.1, 0.15) is 5.00 Å². The van der Waals surface area contributed by atoms with Crippen LogP contribution < -0.4 is 16.0 Å². The first-order valence-corrected chi connectivity index (χ1v) is 7.11. The van der Waals surface area contributed by atoms with E-state index < -0.39 is 0 Å². The van der Waals surface area contributed by atoms with Crippen LogP contribution in [0.5, 0.6) is 0 Å². The highest BCUT2D eigenvalue weighted by atomic mass is 32.1. The van der Waals surface area contributed by atoms with Crippen molar-refractivity contribution in [3.63, 3.8) is 0 Å². The van der Waals surface area contributed by atoms with Crippen LogP contribution in [0.2, 0.25) is 0 Å². The van der Waals surface area contributed by atoms with Crippen molar-refractivity contribution in [1.29, 1.82) is 0 Å². The number of benzene rings is 1. The first kappa shape index (κ1) is 15.0. The minimum Gasteiger partial charge on any atom is -0.378 e. The van der Waals surface area contributed by atoms with Gasteiger partial charge in [-0.3, -0.25) is 9.59 Å². The number of aromatic nitrogens is 1. The number of hydrogen-bond donors (Lipinski definition) is 3. The van der Waals surface area contributed by atoms with E-state index in [1.165, 1.54) is 18.5 Å². The van der Waals surface area contributed by atoms with Crippen LogP contribution in [0.15, 0.2) is 24.3 Å². The highest BCUT2D eigenvalue weighted by Crippen LogP contribution is 2.25. The van der Waals surface area contributed by atoms with Crippen LogP contribution in [0.4, 0.5) is 16.4 Å². The van der Waals surface area contributed by atoms with Gasteiger partial charge < -0.3 is 16.0 Å². The first-order chi connectivity index (χ1) is 10.0. The standard InChI is InChI=1S/C14H16N4O2S/c1-8-12(14(15-3)21-18-8)13(20)17-11-6-4-5-10(7-11)16-9(2)19/h4-7,15H,1-3H3,(H,16,19)(H,17,20). The van der Waals surface area contributed by atoms with Gasteiger partial charge in [-0.25, -0.2) is 0 Å².